The van der Waals surface area contributed by atoms with Gasteiger partial charge in [-0.15, -0.1) is 0 Å². The Morgan fingerprint density at radius 3 is 1.81 bits per heavy atom. The van der Waals surface area contributed by atoms with Gasteiger partial charge in [-0.25, -0.2) is 8.42 Å². The Kier molecular flexibility index (Phi) is 8.31. The molecular weight excluding hydrogens is 504 g/mol. The molecule has 4 rings (SSSR count). The van der Waals surface area contributed by atoms with E-state index in [0.717, 1.165) is 16.7 Å². The molecule has 7 heteroatoms. The largest absolute Gasteiger partial charge is 0.332 e. The Balaban J connectivity index is 1.73. The summed E-state index contributed by atoms with van der Waals surface area (Å²) < 4.78 is 29.0. The van der Waals surface area contributed by atoms with Crippen LogP contribution in [0.1, 0.15) is 22.3 Å². The Morgan fingerprint density at radius 1 is 0.730 bits per heavy atom. The topological polar surface area (TPSA) is 57.7 Å². The lowest BCUT2D eigenvalue weighted by molar-refractivity contribution is -0.130. The standard InChI is InChI=1S/C30H29ClN2O3S/c1-23-16-18-27(19-17-23)37(35,36)33(29-15-9-14-28(31)24(29)2)22-30(34)32(20-25-10-5-3-6-11-25)21-26-12-7-4-8-13-26/h3-19H,20-22H2,1-2H3. The third-order valence-electron chi connectivity index (χ3n) is 6.18. The summed E-state index contributed by atoms with van der Waals surface area (Å²) in [6.07, 6.45) is 0. The fourth-order valence-electron chi connectivity index (χ4n) is 4.07. The minimum absolute atomic E-state index is 0.114. The van der Waals surface area contributed by atoms with E-state index >= 15 is 0 Å². The predicted octanol–water partition coefficient (Wildman–Crippen LogP) is 6.38. The van der Waals surface area contributed by atoms with E-state index in [0.29, 0.717) is 29.4 Å². The number of aryl methyl sites for hydroxylation is 1. The monoisotopic (exact) mass is 532 g/mol. The minimum atomic E-state index is -4.06. The molecule has 0 aromatic heterocycles. The van der Waals surface area contributed by atoms with Crippen molar-refractivity contribution in [3.63, 3.8) is 0 Å². The van der Waals surface area contributed by atoms with Crippen LogP contribution in [0.25, 0.3) is 0 Å². The SMILES string of the molecule is Cc1ccc(S(=O)(=O)N(CC(=O)N(Cc2ccccc2)Cc2ccccc2)c2cccc(Cl)c2C)cc1. The molecule has 0 unspecified atom stereocenters. The Labute approximate surface area is 224 Å². The Morgan fingerprint density at radius 2 is 1.27 bits per heavy atom. The van der Waals surface area contributed by atoms with E-state index in [-0.39, 0.29) is 17.3 Å². The van der Waals surface area contributed by atoms with Crippen LogP contribution in [-0.4, -0.2) is 25.8 Å². The molecule has 190 valence electrons. The molecule has 0 aliphatic carbocycles. The van der Waals surface area contributed by atoms with Crippen molar-refractivity contribution in [2.75, 3.05) is 10.8 Å². The first-order chi connectivity index (χ1) is 17.8. The van der Waals surface area contributed by atoms with Gasteiger partial charge in [0.25, 0.3) is 10.0 Å². The number of halogens is 1. The van der Waals surface area contributed by atoms with E-state index in [1.54, 1.807) is 54.3 Å². The number of hydrogen-bond acceptors (Lipinski definition) is 3. The summed E-state index contributed by atoms with van der Waals surface area (Å²) >= 11 is 6.37. The van der Waals surface area contributed by atoms with E-state index in [4.69, 9.17) is 11.6 Å². The predicted molar refractivity (Wildman–Crippen MR) is 149 cm³/mol. The van der Waals surface area contributed by atoms with Gasteiger partial charge in [-0.3, -0.25) is 9.10 Å². The lowest BCUT2D eigenvalue weighted by atomic mass is 10.1. The molecule has 0 aliphatic rings. The molecule has 5 nitrogen and oxygen atoms in total. The van der Waals surface area contributed by atoms with Gasteiger partial charge < -0.3 is 4.90 Å². The molecule has 0 spiro atoms. The maximum absolute atomic E-state index is 13.9. The fourth-order valence-corrected chi connectivity index (χ4v) is 5.71. The van der Waals surface area contributed by atoms with Crippen molar-refractivity contribution in [1.29, 1.82) is 0 Å². The van der Waals surface area contributed by atoms with Crippen molar-refractivity contribution in [3.05, 3.63) is 130 Å². The second-order valence-electron chi connectivity index (χ2n) is 8.93. The second-order valence-corrected chi connectivity index (χ2v) is 11.2. The second kappa shape index (κ2) is 11.6. The van der Waals surface area contributed by atoms with E-state index in [1.807, 2.05) is 67.6 Å². The summed E-state index contributed by atoms with van der Waals surface area (Å²) in [5.74, 6) is -0.317. The zero-order valence-corrected chi connectivity index (χ0v) is 22.4. The number of hydrogen-bond donors (Lipinski definition) is 0. The molecule has 37 heavy (non-hydrogen) atoms. The van der Waals surface area contributed by atoms with E-state index in [9.17, 15) is 13.2 Å². The summed E-state index contributed by atoms with van der Waals surface area (Å²) in [5, 5.41) is 0.430. The number of carbonyl (C=O) groups excluding carboxylic acids is 1. The highest BCUT2D eigenvalue weighted by Crippen LogP contribution is 2.31. The number of benzene rings is 4. The first kappa shape index (κ1) is 26.5. The van der Waals surface area contributed by atoms with Crippen LogP contribution in [0.2, 0.25) is 5.02 Å². The van der Waals surface area contributed by atoms with Gasteiger partial charge in [0.2, 0.25) is 5.91 Å². The number of carbonyl (C=O) groups is 1. The third kappa shape index (κ3) is 6.40. The van der Waals surface area contributed by atoms with Crippen LogP contribution in [-0.2, 0) is 27.9 Å². The summed E-state index contributed by atoms with van der Waals surface area (Å²) in [6.45, 7) is 3.98. The summed E-state index contributed by atoms with van der Waals surface area (Å²) in [6, 6.07) is 31.0. The summed E-state index contributed by atoms with van der Waals surface area (Å²) in [5.41, 5.74) is 3.82. The summed E-state index contributed by atoms with van der Waals surface area (Å²) in [4.78, 5) is 15.6. The smallest absolute Gasteiger partial charge is 0.264 e. The van der Waals surface area contributed by atoms with Gasteiger partial charge in [-0.1, -0.05) is 96.0 Å². The zero-order valence-electron chi connectivity index (χ0n) is 20.8. The maximum Gasteiger partial charge on any atom is 0.264 e. The van der Waals surface area contributed by atoms with E-state index in [2.05, 4.69) is 0 Å². The molecule has 0 atom stereocenters. The highest BCUT2D eigenvalue weighted by atomic mass is 35.5. The van der Waals surface area contributed by atoms with Crippen LogP contribution in [0.4, 0.5) is 5.69 Å². The number of rotatable bonds is 9. The zero-order chi connectivity index (χ0) is 26.4. The normalized spacial score (nSPS) is 11.2. The lowest BCUT2D eigenvalue weighted by Crippen LogP contribution is -2.43. The number of sulfonamides is 1. The molecule has 0 N–H and O–H groups in total. The van der Waals surface area contributed by atoms with Crippen LogP contribution in [0.3, 0.4) is 0 Å². The van der Waals surface area contributed by atoms with E-state index in [1.165, 1.54) is 4.31 Å². The maximum atomic E-state index is 13.9. The van der Waals surface area contributed by atoms with Crippen molar-refractivity contribution in [3.8, 4) is 0 Å². The third-order valence-corrected chi connectivity index (χ3v) is 8.36. The van der Waals surface area contributed by atoms with Gasteiger partial charge in [-0.05, 0) is 54.8 Å². The molecule has 0 fully saturated rings. The molecule has 0 radical (unpaired) electrons. The number of nitrogens with zero attached hydrogens (tertiary/aromatic N) is 2. The average Bonchev–Trinajstić information content (AvgIpc) is 2.90. The fraction of sp³-hybridized carbons (Fsp3) is 0.167. The average molecular weight is 533 g/mol. The molecule has 0 saturated carbocycles. The van der Waals surface area contributed by atoms with Crippen LogP contribution in [0.15, 0.2) is 108 Å². The Hall–Kier alpha value is -3.61. The van der Waals surface area contributed by atoms with Gasteiger partial charge in [-0.2, -0.15) is 0 Å². The van der Waals surface area contributed by atoms with Crippen LogP contribution >= 0.6 is 11.6 Å². The minimum Gasteiger partial charge on any atom is -0.332 e. The molecular formula is C30H29ClN2O3S. The number of anilines is 1. The summed E-state index contributed by atoms with van der Waals surface area (Å²) in [7, 11) is -4.06. The highest BCUT2D eigenvalue weighted by molar-refractivity contribution is 7.92. The van der Waals surface area contributed by atoms with Crippen molar-refractivity contribution in [2.45, 2.75) is 31.8 Å². The van der Waals surface area contributed by atoms with Gasteiger partial charge in [0.15, 0.2) is 0 Å². The van der Waals surface area contributed by atoms with E-state index < -0.39 is 10.0 Å². The Bertz CT molecular complexity index is 1420. The van der Waals surface area contributed by atoms with Crippen molar-refractivity contribution < 1.29 is 13.2 Å². The molecule has 0 aliphatic heterocycles. The lowest BCUT2D eigenvalue weighted by Gasteiger charge is -2.30. The van der Waals surface area contributed by atoms with Crippen molar-refractivity contribution >= 4 is 33.2 Å². The number of amides is 1. The first-order valence-electron chi connectivity index (χ1n) is 12.0. The molecule has 0 heterocycles. The molecule has 0 saturated heterocycles. The first-order valence-corrected chi connectivity index (χ1v) is 13.8. The van der Waals surface area contributed by atoms with Crippen LogP contribution in [0.5, 0.6) is 0 Å². The van der Waals surface area contributed by atoms with Gasteiger partial charge >= 0.3 is 0 Å². The molecule has 0 bridgehead atoms. The van der Waals surface area contributed by atoms with Crippen molar-refractivity contribution in [2.24, 2.45) is 0 Å². The van der Waals surface area contributed by atoms with Crippen LogP contribution in [0, 0.1) is 13.8 Å². The van der Waals surface area contributed by atoms with Gasteiger partial charge in [0, 0.05) is 18.1 Å². The van der Waals surface area contributed by atoms with Gasteiger partial charge in [0.05, 0.1) is 10.6 Å². The quantitative estimate of drug-likeness (QED) is 0.251. The molecule has 4 aromatic rings. The molecule has 4 aromatic carbocycles. The highest BCUT2D eigenvalue weighted by Gasteiger charge is 2.30. The van der Waals surface area contributed by atoms with Crippen molar-refractivity contribution in [1.82, 2.24) is 4.90 Å². The molecule has 1 amide bonds. The van der Waals surface area contributed by atoms with Gasteiger partial charge in [0.1, 0.15) is 6.54 Å². The van der Waals surface area contributed by atoms with Crippen LogP contribution < -0.4 is 4.31 Å².